The molecule has 1 amide bonds. The summed E-state index contributed by atoms with van der Waals surface area (Å²) in [5.41, 5.74) is 2.41. The van der Waals surface area contributed by atoms with Crippen molar-refractivity contribution in [2.45, 2.75) is 44.7 Å². The monoisotopic (exact) mass is 405 g/mol. The highest BCUT2D eigenvalue weighted by atomic mass is 35.5. The zero-order valence-corrected chi connectivity index (χ0v) is 17.5. The second kappa shape index (κ2) is 8.64. The van der Waals surface area contributed by atoms with E-state index in [9.17, 15) is 4.79 Å². The van der Waals surface area contributed by atoms with E-state index in [1.807, 2.05) is 12.1 Å². The standard InChI is InChI=1S/C22H26Cl2N2O/c1-26(2,18-7-4-3-5-8-18)15-16-11-13-17(14-12-16)25-22(27)19-9-6-10-20(23)21(19)24/h6,9-14,18H,3-5,7-8,15H2,1-2H3/p+1. The molecule has 5 heteroatoms. The Morgan fingerprint density at radius 2 is 1.70 bits per heavy atom. The van der Waals surface area contributed by atoms with Gasteiger partial charge in [0.2, 0.25) is 0 Å². The number of hydrogen-bond acceptors (Lipinski definition) is 1. The summed E-state index contributed by atoms with van der Waals surface area (Å²) in [5, 5.41) is 3.55. The first-order valence-corrected chi connectivity index (χ1v) is 10.3. The van der Waals surface area contributed by atoms with E-state index < -0.39 is 0 Å². The maximum atomic E-state index is 12.5. The lowest BCUT2D eigenvalue weighted by Crippen LogP contribution is -2.48. The minimum Gasteiger partial charge on any atom is -0.322 e. The van der Waals surface area contributed by atoms with Crippen molar-refractivity contribution in [2.24, 2.45) is 0 Å². The van der Waals surface area contributed by atoms with Gasteiger partial charge in [-0.1, -0.05) is 47.8 Å². The van der Waals surface area contributed by atoms with Crippen molar-refractivity contribution in [3.05, 3.63) is 63.6 Å². The van der Waals surface area contributed by atoms with Crippen molar-refractivity contribution in [1.29, 1.82) is 0 Å². The summed E-state index contributed by atoms with van der Waals surface area (Å²) in [7, 11) is 4.65. The number of carbonyl (C=O) groups excluding carboxylic acids is 1. The molecular formula is C22H27Cl2N2O+. The van der Waals surface area contributed by atoms with Crippen molar-refractivity contribution >= 4 is 34.8 Å². The van der Waals surface area contributed by atoms with E-state index in [0.717, 1.165) is 22.8 Å². The third-order valence-electron chi connectivity index (χ3n) is 5.56. The van der Waals surface area contributed by atoms with E-state index in [2.05, 4.69) is 31.5 Å². The fourth-order valence-electron chi connectivity index (χ4n) is 3.95. The first-order valence-electron chi connectivity index (χ1n) is 9.54. The summed E-state index contributed by atoms with van der Waals surface area (Å²) < 4.78 is 1.02. The van der Waals surface area contributed by atoms with E-state index in [1.54, 1.807) is 18.2 Å². The van der Waals surface area contributed by atoms with Crippen LogP contribution in [0.2, 0.25) is 10.0 Å². The summed E-state index contributed by atoms with van der Waals surface area (Å²) in [6.45, 7) is 0.999. The molecule has 1 fully saturated rings. The summed E-state index contributed by atoms with van der Waals surface area (Å²) >= 11 is 12.1. The maximum Gasteiger partial charge on any atom is 0.257 e. The minimum atomic E-state index is -0.256. The van der Waals surface area contributed by atoms with Crippen molar-refractivity contribution in [3.63, 3.8) is 0 Å². The zero-order chi connectivity index (χ0) is 19.4. The second-order valence-electron chi connectivity index (χ2n) is 7.98. The Bertz CT molecular complexity index is 796. The van der Waals surface area contributed by atoms with Crippen LogP contribution in [0.25, 0.3) is 0 Å². The van der Waals surface area contributed by atoms with Gasteiger partial charge >= 0.3 is 0 Å². The molecule has 0 unspecified atom stereocenters. The highest BCUT2D eigenvalue weighted by Crippen LogP contribution is 2.28. The quantitative estimate of drug-likeness (QED) is 0.593. The molecule has 0 atom stereocenters. The van der Waals surface area contributed by atoms with Gasteiger partial charge in [-0.25, -0.2) is 0 Å². The number of halogens is 2. The molecule has 0 spiro atoms. The molecule has 1 N–H and O–H groups in total. The predicted molar refractivity (Wildman–Crippen MR) is 114 cm³/mol. The van der Waals surface area contributed by atoms with E-state index in [1.165, 1.54) is 37.7 Å². The molecule has 0 heterocycles. The van der Waals surface area contributed by atoms with Crippen LogP contribution in [0.5, 0.6) is 0 Å². The molecule has 3 rings (SSSR count). The van der Waals surface area contributed by atoms with Crippen LogP contribution in [0, 0.1) is 0 Å². The third-order valence-corrected chi connectivity index (χ3v) is 6.38. The second-order valence-corrected chi connectivity index (χ2v) is 8.77. The first-order chi connectivity index (χ1) is 12.9. The van der Waals surface area contributed by atoms with Gasteiger partial charge in [0, 0.05) is 11.3 Å². The lowest BCUT2D eigenvalue weighted by atomic mass is 9.92. The molecule has 144 valence electrons. The summed E-state index contributed by atoms with van der Waals surface area (Å²) in [5.74, 6) is -0.256. The topological polar surface area (TPSA) is 29.1 Å². The number of quaternary nitrogens is 1. The largest absolute Gasteiger partial charge is 0.322 e. The molecule has 1 aliphatic carbocycles. The fourth-order valence-corrected chi connectivity index (χ4v) is 4.34. The summed E-state index contributed by atoms with van der Waals surface area (Å²) in [4.78, 5) is 12.5. The Morgan fingerprint density at radius 3 is 2.37 bits per heavy atom. The molecule has 1 aliphatic rings. The number of nitrogens with zero attached hydrogens (tertiary/aromatic N) is 1. The lowest BCUT2D eigenvalue weighted by molar-refractivity contribution is -0.929. The van der Waals surface area contributed by atoms with Gasteiger partial charge in [0.05, 0.1) is 35.7 Å². The number of carbonyl (C=O) groups is 1. The Kier molecular flexibility index (Phi) is 6.46. The van der Waals surface area contributed by atoms with E-state index >= 15 is 0 Å². The number of amides is 1. The maximum absolute atomic E-state index is 12.5. The van der Waals surface area contributed by atoms with E-state index in [4.69, 9.17) is 23.2 Å². The van der Waals surface area contributed by atoms with Gasteiger partial charge in [-0.15, -0.1) is 0 Å². The van der Waals surface area contributed by atoms with Gasteiger partial charge in [0.1, 0.15) is 6.54 Å². The number of benzene rings is 2. The van der Waals surface area contributed by atoms with Crippen LogP contribution in [-0.4, -0.2) is 30.5 Å². The number of rotatable bonds is 5. The molecule has 0 aromatic heterocycles. The average Bonchev–Trinajstić information content (AvgIpc) is 2.66. The van der Waals surface area contributed by atoms with Crippen LogP contribution < -0.4 is 5.32 Å². The molecule has 0 saturated heterocycles. The molecule has 2 aromatic rings. The highest BCUT2D eigenvalue weighted by Gasteiger charge is 2.29. The van der Waals surface area contributed by atoms with Crippen molar-refractivity contribution in [3.8, 4) is 0 Å². The molecule has 0 radical (unpaired) electrons. The molecule has 1 saturated carbocycles. The summed E-state index contributed by atoms with van der Waals surface area (Å²) in [6, 6.07) is 13.9. The van der Waals surface area contributed by atoms with Crippen LogP contribution in [0.15, 0.2) is 42.5 Å². The zero-order valence-electron chi connectivity index (χ0n) is 16.0. The molecule has 2 aromatic carbocycles. The van der Waals surface area contributed by atoms with Gasteiger partial charge in [-0.3, -0.25) is 4.79 Å². The van der Waals surface area contributed by atoms with Gasteiger partial charge in [-0.2, -0.15) is 0 Å². The van der Waals surface area contributed by atoms with Gasteiger partial charge in [0.15, 0.2) is 0 Å². The van der Waals surface area contributed by atoms with Crippen molar-refractivity contribution < 1.29 is 9.28 Å². The van der Waals surface area contributed by atoms with Crippen LogP contribution in [0.4, 0.5) is 5.69 Å². The molecular weight excluding hydrogens is 379 g/mol. The Labute approximate surface area is 171 Å². The van der Waals surface area contributed by atoms with Crippen LogP contribution >= 0.6 is 23.2 Å². The number of anilines is 1. The van der Waals surface area contributed by atoms with Gasteiger partial charge < -0.3 is 9.80 Å². The smallest absolute Gasteiger partial charge is 0.257 e. The van der Waals surface area contributed by atoms with Crippen LogP contribution in [0.3, 0.4) is 0 Å². The third kappa shape index (κ3) is 5.04. The number of hydrogen-bond donors (Lipinski definition) is 1. The van der Waals surface area contributed by atoms with Crippen molar-refractivity contribution in [1.82, 2.24) is 0 Å². The van der Waals surface area contributed by atoms with Crippen LogP contribution in [0.1, 0.15) is 48.0 Å². The lowest BCUT2D eigenvalue weighted by Gasteiger charge is -2.40. The van der Waals surface area contributed by atoms with Gasteiger partial charge in [-0.05, 0) is 49.9 Å². The average molecular weight is 406 g/mol. The molecule has 0 aliphatic heterocycles. The minimum absolute atomic E-state index is 0.256. The molecule has 27 heavy (non-hydrogen) atoms. The van der Waals surface area contributed by atoms with E-state index in [-0.39, 0.29) is 10.9 Å². The Morgan fingerprint density at radius 1 is 1.04 bits per heavy atom. The SMILES string of the molecule is C[N+](C)(Cc1ccc(NC(=O)c2cccc(Cl)c2Cl)cc1)C1CCCCC1. The van der Waals surface area contributed by atoms with Crippen molar-refractivity contribution in [2.75, 3.05) is 19.4 Å². The van der Waals surface area contributed by atoms with Gasteiger partial charge in [0.25, 0.3) is 5.91 Å². The Balaban J connectivity index is 1.64. The highest BCUT2D eigenvalue weighted by molar-refractivity contribution is 6.44. The molecule has 0 bridgehead atoms. The number of nitrogens with one attached hydrogen (secondary N) is 1. The predicted octanol–water partition coefficient (Wildman–Crippen LogP) is 6.15. The fraction of sp³-hybridized carbons (Fsp3) is 0.409. The molecule has 3 nitrogen and oxygen atoms in total. The summed E-state index contributed by atoms with van der Waals surface area (Å²) in [6.07, 6.45) is 6.72. The van der Waals surface area contributed by atoms with E-state index in [0.29, 0.717) is 10.6 Å². The van der Waals surface area contributed by atoms with Crippen LogP contribution in [-0.2, 0) is 6.54 Å². The first kappa shape index (κ1) is 20.2. The Hall–Kier alpha value is -1.55. The normalized spacial score (nSPS) is 15.6.